The van der Waals surface area contributed by atoms with Crippen LogP contribution in [0.4, 0.5) is 0 Å². The van der Waals surface area contributed by atoms with Gasteiger partial charge in [-0.25, -0.2) is 8.42 Å². The quantitative estimate of drug-likeness (QED) is 0.468. The zero-order valence-corrected chi connectivity index (χ0v) is 21.9. The fourth-order valence-electron chi connectivity index (χ4n) is 4.18. The highest BCUT2D eigenvalue weighted by Crippen LogP contribution is 2.27. The summed E-state index contributed by atoms with van der Waals surface area (Å²) in [6.45, 7) is 8.03. The molecule has 0 radical (unpaired) electrons. The molecule has 3 aromatic rings. The van der Waals surface area contributed by atoms with Gasteiger partial charge in [0.05, 0.1) is 21.7 Å². The van der Waals surface area contributed by atoms with E-state index >= 15 is 0 Å². The predicted molar refractivity (Wildman–Crippen MR) is 135 cm³/mol. The average Bonchev–Trinajstić information content (AvgIpc) is 3.41. The molecule has 1 fully saturated rings. The molecular formula is C25H29N3O5S2. The standard InChI is InChI=1S/C25H29N3O5S2/c1-5-33-23(29)15-27-21-13-17(3)18(4)14-22(21)34-25(27)26-24(30)20-7-6-12-28(20)35(31,32)19-10-8-16(2)9-11-19/h8-11,13-14,20H,5-7,12,15H2,1-4H3. The lowest BCUT2D eigenvalue weighted by atomic mass is 10.1. The Morgan fingerprint density at radius 3 is 2.49 bits per heavy atom. The second kappa shape index (κ2) is 10.0. The molecule has 0 aliphatic carbocycles. The third-order valence-electron chi connectivity index (χ3n) is 6.21. The number of sulfonamides is 1. The molecule has 2 aromatic carbocycles. The molecule has 1 aliphatic rings. The van der Waals surface area contributed by atoms with Crippen LogP contribution in [-0.2, 0) is 30.9 Å². The van der Waals surface area contributed by atoms with Crippen LogP contribution in [0.2, 0.25) is 0 Å². The van der Waals surface area contributed by atoms with Crippen LogP contribution in [0.1, 0.15) is 36.5 Å². The van der Waals surface area contributed by atoms with E-state index in [1.54, 1.807) is 35.8 Å². The first kappa shape index (κ1) is 25.3. The maximum atomic E-state index is 13.3. The van der Waals surface area contributed by atoms with Crippen molar-refractivity contribution < 1.29 is 22.7 Å². The molecule has 1 amide bonds. The molecule has 1 atom stereocenters. The summed E-state index contributed by atoms with van der Waals surface area (Å²) in [4.78, 5) is 30.5. The molecule has 186 valence electrons. The molecule has 35 heavy (non-hydrogen) atoms. The molecule has 8 nitrogen and oxygen atoms in total. The molecule has 0 spiro atoms. The van der Waals surface area contributed by atoms with Crippen LogP contribution in [0.5, 0.6) is 0 Å². The normalized spacial score (nSPS) is 17.3. The first-order valence-corrected chi connectivity index (χ1v) is 13.8. The number of thiazole rings is 1. The minimum Gasteiger partial charge on any atom is -0.465 e. The molecule has 4 rings (SSSR count). The third kappa shape index (κ3) is 5.10. The zero-order chi connectivity index (χ0) is 25.3. The van der Waals surface area contributed by atoms with Gasteiger partial charge in [-0.1, -0.05) is 29.0 Å². The number of esters is 1. The maximum Gasteiger partial charge on any atom is 0.326 e. The van der Waals surface area contributed by atoms with Gasteiger partial charge in [0.25, 0.3) is 5.91 Å². The molecule has 10 heteroatoms. The molecule has 0 N–H and O–H groups in total. The fourth-order valence-corrected chi connectivity index (χ4v) is 6.95. The van der Waals surface area contributed by atoms with Gasteiger partial charge in [-0.15, -0.1) is 0 Å². The van der Waals surface area contributed by atoms with E-state index in [1.807, 2.05) is 32.9 Å². The van der Waals surface area contributed by atoms with Crippen molar-refractivity contribution in [2.75, 3.05) is 13.2 Å². The predicted octanol–water partition coefficient (Wildman–Crippen LogP) is 3.47. The smallest absolute Gasteiger partial charge is 0.326 e. The highest BCUT2D eigenvalue weighted by Gasteiger charge is 2.39. The summed E-state index contributed by atoms with van der Waals surface area (Å²) in [5, 5.41) is 0. The summed E-state index contributed by atoms with van der Waals surface area (Å²) >= 11 is 1.30. The maximum absolute atomic E-state index is 13.3. The molecule has 1 aromatic heterocycles. The molecule has 0 bridgehead atoms. The average molecular weight is 516 g/mol. The van der Waals surface area contributed by atoms with Crippen LogP contribution in [0.25, 0.3) is 10.2 Å². The van der Waals surface area contributed by atoms with Gasteiger partial charge in [0.15, 0.2) is 4.80 Å². The summed E-state index contributed by atoms with van der Waals surface area (Å²) in [6, 6.07) is 9.69. The lowest BCUT2D eigenvalue weighted by Gasteiger charge is -2.21. The molecule has 1 unspecified atom stereocenters. The number of nitrogens with zero attached hydrogens (tertiary/aromatic N) is 3. The van der Waals surface area contributed by atoms with Crippen LogP contribution >= 0.6 is 11.3 Å². The van der Waals surface area contributed by atoms with E-state index < -0.39 is 27.9 Å². The van der Waals surface area contributed by atoms with E-state index in [9.17, 15) is 18.0 Å². The number of carbonyl (C=O) groups excluding carboxylic acids is 2. The largest absolute Gasteiger partial charge is 0.465 e. The minimum absolute atomic E-state index is 0.0848. The van der Waals surface area contributed by atoms with Crippen molar-refractivity contribution in [1.82, 2.24) is 8.87 Å². The number of aryl methyl sites for hydroxylation is 3. The first-order valence-electron chi connectivity index (χ1n) is 11.5. The van der Waals surface area contributed by atoms with E-state index in [2.05, 4.69) is 4.99 Å². The van der Waals surface area contributed by atoms with Gasteiger partial charge in [0.2, 0.25) is 10.0 Å². The number of ether oxygens (including phenoxy) is 1. The molecule has 1 aliphatic heterocycles. The summed E-state index contributed by atoms with van der Waals surface area (Å²) in [6.07, 6.45) is 0.971. The van der Waals surface area contributed by atoms with Crippen LogP contribution < -0.4 is 4.80 Å². The van der Waals surface area contributed by atoms with Gasteiger partial charge in [-0.2, -0.15) is 9.30 Å². The lowest BCUT2D eigenvalue weighted by molar-refractivity contribution is -0.143. The number of hydrogen-bond donors (Lipinski definition) is 0. The zero-order valence-electron chi connectivity index (χ0n) is 20.3. The second-order valence-electron chi connectivity index (χ2n) is 8.72. The Balaban J connectivity index is 1.74. The Hall–Kier alpha value is -2.82. The Morgan fingerprint density at radius 2 is 1.80 bits per heavy atom. The van der Waals surface area contributed by atoms with Gasteiger partial charge in [-0.3, -0.25) is 9.59 Å². The van der Waals surface area contributed by atoms with Crippen molar-refractivity contribution >= 4 is 43.5 Å². The Kier molecular flexibility index (Phi) is 7.25. The number of benzene rings is 2. The second-order valence-corrected chi connectivity index (χ2v) is 11.6. The highest BCUT2D eigenvalue weighted by molar-refractivity contribution is 7.89. The monoisotopic (exact) mass is 515 g/mol. The SMILES string of the molecule is CCOC(=O)Cn1c(=NC(=O)C2CCCN2S(=O)(=O)c2ccc(C)cc2)sc2cc(C)c(C)cc21. The molecule has 1 saturated heterocycles. The summed E-state index contributed by atoms with van der Waals surface area (Å²) < 4.78 is 35.5. The summed E-state index contributed by atoms with van der Waals surface area (Å²) in [5.41, 5.74) is 3.88. The van der Waals surface area contributed by atoms with Crippen LogP contribution in [0.15, 0.2) is 46.3 Å². The van der Waals surface area contributed by atoms with Crippen molar-refractivity contribution in [3.05, 3.63) is 57.9 Å². The van der Waals surface area contributed by atoms with Crippen LogP contribution in [-0.4, -0.2) is 48.4 Å². The Labute approximate surface area is 208 Å². The van der Waals surface area contributed by atoms with E-state index in [-0.39, 0.29) is 24.6 Å². The minimum atomic E-state index is -3.84. The molecule has 2 heterocycles. The van der Waals surface area contributed by atoms with Gasteiger partial charge in [0, 0.05) is 6.54 Å². The van der Waals surface area contributed by atoms with Crippen molar-refractivity contribution in [2.24, 2.45) is 4.99 Å². The number of carbonyl (C=O) groups is 2. The van der Waals surface area contributed by atoms with Crippen molar-refractivity contribution in [2.45, 2.75) is 58.0 Å². The number of aromatic nitrogens is 1. The summed E-state index contributed by atoms with van der Waals surface area (Å²) in [5.74, 6) is -0.959. The summed E-state index contributed by atoms with van der Waals surface area (Å²) in [7, 11) is -3.84. The topological polar surface area (TPSA) is 98.0 Å². The van der Waals surface area contributed by atoms with E-state index in [0.717, 1.165) is 26.9 Å². The Morgan fingerprint density at radius 1 is 1.11 bits per heavy atom. The first-order chi connectivity index (χ1) is 16.6. The van der Waals surface area contributed by atoms with Gasteiger partial charge < -0.3 is 9.30 Å². The van der Waals surface area contributed by atoms with Crippen LogP contribution in [0.3, 0.4) is 0 Å². The van der Waals surface area contributed by atoms with Crippen molar-refractivity contribution in [3.63, 3.8) is 0 Å². The third-order valence-corrected chi connectivity index (χ3v) is 9.18. The Bertz CT molecular complexity index is 1450. The van der Waals surface area contributed by atoms with Gasteiger partial charge in [-0.05, 0) is 75.9 Å². The number of hydrogen-bond acceptors (Lipinski definition) is 6. The van der Waals surface area contributed by atoms with Gasteiger partial charge >= 0.3 is 5.97 Å². The van der Waals surface area contributed by atoms with E-state index in [1.165, 1.54) is 15.6 Å². The van der Waals surface area contributed by atoms with E-state index in [4.69, 9.17) is 4.74 Å². The molecule has 0 saturated carbocycles. The number of fused-ring (bicyclic) bond motifs is 1. The molecular weight excluding hydrogens is 486 g/mol. The fraction of sp³-hybridized carbons (Fsp3) is 0.400. The van der Waals surface area contributed by atoms with Crippen molar-refractivity contribution in [1.29, 1.82) is 0 Å². The number of amides is 1. The van der Waals surface area contributed by atoms with Gasteiger partial charge in [0.1, 0.15) is 12.6 Å². The number of rotatable bonds is 6. The van der Waals surface area contributed by atoms with Crippen molar-refractivity contribution in [3.8, 4) is 0 Å². The van der Waals surface area contributed by atoms with E-state index in [0.29, 0.717) is 17.6 Å². The highest BCUT2D eigenvalue weighted by atomic mass is 32.2. The lowest BCUT2D eigenvalue weighted by Crippen LogP contribution is -2.40. The van der Waals surface area contributed by atoms with Crippen LogP contribution in [0, 0.1) is 20.8 Å².